The summed E-state index contributed by atoms with van der Waals surface area (Å²) in [6.45, 7) is 8.23. The average Bonchev–Trinajstić information content (AvgIpc) is 2.37. The first-order chi connectivity index (χ1) is 9.40. The van der Waals surface area contributed by atoms with Crippen LogP contribution in [0, 0.1) is 0 Å². The number of carbonyl (C=O) groups is 1. The highest BCUT2D eigenvalue weighted by molar-refractivity contribution is 5.68. The van der Waals surface area contributed by atoms with Crippen molar-refractivity contribution in [3.8, 4) is 0 Å². The molecule has 110 valence electrons. The molecule has 2 rings (SSSR count). The SMILES string of the molecule is CC[C@H]1OCc2ccccc2[C@H]1NC(=O)OC(C)(C)C. The van der Waals surface area contributed by atoms with E-state index < -0.39 is 11.7 Å². The fourth-order valence-electron chi connectivity index (χ4n) is 2.42. The van der Waals surface area contributed by atoms with E-state index in [9.17, 15) is 4.79 Å². The highest BCUT2D eigenvalue weighted by Gasteiger charge is 2.31. The van der Waals surface area contributed by atoms with Crippen LogP contribution < -0.4 is 5.32 Å². The van der Waals surface area contributed by atoms with Crippen LogP contribution in [0.3, 0.4) is 0 Å². The van der Waals surface area contributed by atoms with Gasteiger partial charge in [-0.2, -0.15) is 0 Å². The molecule has 0 aliphatic carbocycles. The molecular formula is C16H23NO3. The van der Waals surface area contributed by atoms with E-state index in [2.05, 4.69) is 12.2 Å². The first-order valence-corrected chi connectivity index (χ1v) is 7.09. The van der Waals surface area contributed by atoms with Crippen molar-refractivity contribution >= 4 is 6.09 Å². The molecule has 1 amide bonds. The van der Waals surface area contributed by atoms with Crippen LogP contribution in [-0.4, -0.2) is 17.8 Å². The van der Waals surface area contributed by atoms with Gasteiger partial charge in [0.25, 0.3) is 0 Å². The molecule has 1 aromatic carbocycles. The number of rotatable bonds is 2. The zero-order chi connectivity index (χ0) is 14.8. The van der Waals surface area contributed by atoms with Gasteiger partial charge in [0.15, 0.2) is 0 Å². The first-order valence-electron chi connectivity index (χ1n) is 7.09. The van der Waals surface area contributed by atoms with Gasteiger partial charge in [-0.15, -0.1) is 0 Å². The summed E-state index contributed by atoms with van der Waals surface area (Å²) in [6, 6.07) is 7.90. The highest BCUT2D eigenvalue weighted by atomic mass is 16.6. The Bertz CT molecular complexity index is 479. The number of amides is 1. The van der Waals surface area contributed by atoms with E-state index in [0.29, 0.717) is 6.61 Å². The topological polar surface area (TPSA) is 47.6 Å². The summed E-state index contributed by atoms with van der Waals surface area (Å²) in [4.78, 5) is 12.0. The fraction of sp³-hybridized carbons (Fsp3) is 0.562. The lowest BCUT2D eigenvalue weighted by atomic mass is 9.93. The van der Waals surface area contributed by atoms with Gasteiger partial charge in [-0.1, -0.05) is 31.2 Å². The molecule has 1 N–H and O–H groups in total. The lowest BCUT2D eigenvalue weighted by Crippen LogP contribution is -2.42. The van der Waals surface area contributed by atoms with E-state index in [-0.39, 0.29) is 12.1 Å². The molecule has 4 nitrogen and oxygen atoms in total. The molecule has 1 aliphatic rings. The van der Waals surface area contributed by atoms with Gasteiger partial charge in [-0.25, -0.2) is 4.79 Å². The maximum absolute atomic E-state index is 12.0. The predicted octanol–water partition coefficient (Wildman–Crippen LogP) is 3.56. The molecule has 0 unspecified atom stereocenters. The number of hydrogen-bond donors (Lipinski definition) is 1. The third kappa shape index (κ3) is 3.51. The largest absolute Gasteiger partial charge is 0.444 e. The van der Waals surface area contributed by atoms with Crippen molar-refractivity contribution in [1.82, 2.24) is 5.32 Å². The molecule has 0 aromatic heterocycles. The Hall–Kier alpha value is -1.55. The van der Waals surface area contributed by atoms with Gasteiger partial charge in [0.1, 0.15) is 5.60 Å². The molecule has 1 heterocycles. The molecule has 0 fully saturated rings. The van der Waals surface area contributed by atoms with Crippen LogP contribution >= 0.6 is 0 Å². The molecular weight excluding hydrogens is 254 g/mol. The molecule has 4 heteroatoms. The van der Waals surface area contributed by atoms with Crippen molar-refractivity contribution in [2.45, 2.75) is 58.5 Å². The summed E-state index contributed by atoms with van der Waals surface area (Å²) in [7, 11) is 0. The minimum Gasteiger partial charge on any atom is -0.444 e. The van der Waals surface area contributed by atoms with Gasteiger partial charge in [-0.05, 0) is 38.3 Å². The van der Waals surface area contributed by atoms with E-state index in [1.54, 1.807) is 0 Å². The highest BCUT2D eigenvalue weighted by Crippen LogP contribution is 2.31. The van der Waals surface area contributed by atoms with Crippen molar-refractivity contribution in [2.24, 2.45) is 0 Å². The number of nitrogens with one attached hydrogen (secondary N) is 1. The van der Waals surface area contributed by atoms with Gasteiger partial charge < -0.3 is 14.8 Å². The van der Waals surface area contributed by atoms with Crippen molar-refractivity contribution in [3.05, 3.63) is 35.4 Å². The summed E-state index contributed by atoms with van der Waals surface area (Å²) in [6.07, 6.45) is 0.424. The van der Waals surface area contributed by atoms with Crippen LogP contribution in [0.15, 0.2) is 24.3 Å². The molecule has 20 heavy (non-hydrogen) atoms. The number of fused-ring (bicyclic) bond motifs is 1. The van der Waals surface area contributed by atoms with Crippen molar-refractivity contribution < 1.29 is 14.3 Å². The van der Waals surface area contributed by atoms with Crippen LogP contribution in [0.5, 0.6) is 0 Å². The van der Waals surface area contributed by atoms with Crippen molar-refractivity contribution in [2.75, 3.05) is 0 Å². The number of ether oxygens (including phenoxy) is 2. The summed E-state index contributed by atoms with van der Waals surface area (Å²) in [5, 5.41) is 2.95. The lowest BCUT2D eigenvalue weighted by molar-refractivity contribution is -0.00905. The Balaban J connectivity index is 2.17. The van der Waals surface area contributed by atoms with E-state index in [0.717, 1.165) is 17.5 Å². The van der Waals surface area contributed by atoms with Gasteiger partial charge in [0, 0.05) is 0 Å². The molecule has 2 atom stereocenters. The summed E-state index contributed by atoms with van der Waals surface area (Å²) < 4.78 is 11.2. The molecule has 0 bridgehead atoms. The predicted molar refractivity (Wildman–Crippen MR) is 77.4 cm³/mol. The van der Waals surface area contributed by atoms with E-state index >= 15 is 0 Å². The van der Waals surface area contributed by atoms with Gasteiger partial charge in [0.2, 0.25) is 0 Å². The normalized spacial score (nSPS) is 22.0. The summed E-state index contributed by atoms with van der Waals surface area (Å²) in [5.41, 5.74) is 1.75. The minimum atomic E-state index is -0.499. The zero-order valence-corrected chi connectivity index (χ0v) is 12.6. The van der Waals surface area contributed by atoms with Gasteiger partial charge in [0.05, 0.1) is 18.8 Å². The standard InChI is InChI=1S/C16H23NO3/c1-5-13-14(17-15(18)20-16(2,3)4)12-9-7-6-8-11(12)10-19-13/h6-9,13-14H,5,10H2,1-4H3,(H,17,18)/t13-,14-/m1/s1. The second-order valence-corrected chi connectivity index (χ2v) is 6.08. The van der Waals surface area contributed by atoms with Gasteiger partial charge >= 0.3 is 6.09 Å². The molecule has 0 saturated carbocycles. The Kier molecular flexibility index (Phi) is 4.33. The van der Waals surface area contributed by atoms with Crippen LogP contribution in [0.1, 0.15) is 51.3 Å². The quantitative estimate of drug-likeness (QED) is 0.899. The lowest BCUT2D eigenvalue weighted by Gasteiger charge is -2.34. The Labute approximate surface area is 120 Å². The second kappa shape index (κ2) is 5.83. The molecule has 1 aromatic rings. The van der Waals surface area contributed by atoms with Gasteiger partial charge in [-0.3, -0.25) is 0 Å². The molecule has 0 saturated heterocycles. The van der Waals surface area contributed by atoms with E-state index in [1.165, 1.54) is 0 Å². The Morgan fingerprint density at radius 3 is 2.75 bits per heavy atom. The summed E-state index contributed by atoms with van der Waals surface area (Å²) >= 11 is 0. The Morgan fingerprint density at radius 1 is 1.40 bits per heavy atom. The third-order valence-corrected chi connectivity index (χ3v) is 3.29. The van der Waals surface area contributed by atoms with Crippen LogP contribution in [-0.2, 0) is 16.1 Å². The monoisotopic (exact) mass is 277 g/mol. The van der Waals surface area contributed by atoms with Crippen molar-refractivity contribution in [3.63, 3.8) is 0 Å². The smallest absolute Gasteiger partial charge is 0.408 e. The number of carbonyl (C=O) groups excluding carboxylic acids is 1. The zero-order valence-electron chi connectivity index (χ0n) is 12.6. The van der Waals surface area contributed by atoms with Crippen molar-refractivity contribution in [1.29, 1.82) is 0 Å². The molecule has 0 spiro atoms. The Morgan fingerprint density at radius 2 is 2.10 bits per heavy atom. The molecule has 1 aliphatic heterocycles. The van der Waals surface area contributed by atoms with Crippen LogP contribution in [0.2, 0.25) is 0 Å². The minimum absolute atomic E-state index is 0.0163. The second-order valence-electron chi connectivity index (χ2n) is 6.08. The van der Waals surface area contributed by atoms with Crippen LogP contribution in [0.4, 0.5) is 4.79 Å². The third-order valence-electron chi connectivity index (χ3n) is 3.29. The number of hydrogen-bond acceptors (Lipinski definition) is 3. The average molecular weight is 277 g/mol. The van der Waals surface area contributed by atoms with Crippen LogP contribution in [0.25, 0.3) is 0 Å². The van der Waals surface area contributed by atoms with E-state index in [1.807, 2.05) is 45.0 Å². The first kappa shape index (κ1) is 14.9. The molecule has 0 radical (unpaired) electrons. The maximum atomic E-state index is 12.0. The fourth-order valence-corrected chi connectivity index (χ4v) is 2.42. The van der Waals surface area contributed by atoms with E-state index in [4.69, 9.17) is 9.47 Å². The number of alkyl carbamates (subject to hydrolysis) is 1. The summed E-state index contributed by atoms with van der Waals surface area (Å²) in [5.74, 6) is 0. The maximum Gasteiger partial charge on any atom is 0.408 e. The number of benzene rings is 1.